The number of hydrogen-bond donors (Lipinski definition) is 1. The van der Waals surface area contributed by atoms with E-state index in [1.165, 1.54) is 12.3 Å². The summed E-state index contributed by atoms with van der Waals surface area (Å²) in [6, 6.07) is 10.4. The number of carbonyl (C=O) groups is 1. The maximum absolute atomic E-state index is 12.8. The molecule has 0 aliphatic rings. The summed E-state index contributed by atoms with van der Waals surface area (Å²) in [6.07, 6.45) is 1.74. The molecule has 92 valence electrons. The van der Waals surface area contributed by atoms with Crippen molar-refractivity contribution < 1.29 is 14.3 Å². The summed E-state index contributed by atoms with van der Waals surface area (Å²) < 4.78 is 12.8. The Morgan fingerprint density at radius 2 is 2.11 bits per heavy atom. The average molecular weight is 245 g/mol. The SMILES string of the molecule is O=C(O)CCc1cccc(-c2ccc(F)cn2)c1. The third kappa shape index (κ3) is 3.13. The molecule has 2 aromatic rings. The maximum atomic E-state index is 12.8. The lowest BCUT2D eigenvalue weighted by atomic mass is 10.0. The molecule has 1 aromatic carbocycles. The normalized spacial score (nSPS) is 10.3. The van der Waals surface area contributed by atoms with Gasteiger partial charge in [0.25, 0.3) is 0 Å². The topological polar surface area (TPSA) is 50.2 Å². The highest BCUT2D eigenvalue weighted by atomic mass is 19.1. The second-order valence-corrected chi connectivity index (χ2v) is 3.96. The van der Waals surface area contributed by atoms with E-state index in [1.807, 2.05) is 24.3 Å². The minimum Gasteiger partial charge on any atom is -0.481 e. The standard InChI is InChI=1S/C14H12FNO2/c15-12-5-6-13(16-9-12)11-3-1-2-10(8-11)4-7-14(17)18/h1-3,5-6,8-9H,4,7H2,(H,17,18). The van der Waals surface area contributed by atoms with Crippen LogP contribution < -0.4 is 0 Å². The maximum Gasteiger partial charge on any atom is 0.303 e. The Morgan fingerprint density at radius 1 is 1.28 bits per heavy atom. The first kappa shape index (κ1) is 12.2. The van der Waals surface area contributed by atoms with E-state index < -0.39 is 5.97 Å². The van der Waals surface area contributed by atoms with E-state index in [1.54, 1.807) is 6.07 Å². The minimum absolute atomic E-state index is 0.0975. The monoisotopic (exact) mass is 245 g/mol. The number of nitrogens with zero attached hydrogens (tertiary/aromatic N) is 1. The predicted octanol–water partition coefficient (Wildman–Crippen LogP) is 2.90. The van der Waals surface area contributed by atoms with Gasteiger partial charge in [-0.2, -0.15) is 0 Å². The third-order valence-corrected chi connectivity index (χ3v) is 2.58. The molecule has 0 aliphatic carbocycles. The van der Waals surface area contributed by atoms with Gasteiger partial charge in [-0.25, -0.2) is 4.39 Å². The van der Waals surface area contributed by atoms with E-state index in [9.17, 15) is 9.18 Å². The quantitative estimate of drug-likeness (QED) is 0.901. The highest BCUT2D eigenvalue weighted by Crippen LogP contribution is 2.19. The number of halogens is 1. The number of hydrogen-bond acceptors (Lipinski definition) is 2. The highest BCUT2D eigenvalue weighted by molar-refractivity contribution is 5.67. The zero-order chi connectivity index (χ0) is 13.0. The van der Waals surface area contributed by atoms with Crippen LogP contribution in [0.4, 0.5) is 4.39 Å². The molecule has 4 heteroatoms. The molecule has 2 rings (SSSR count). The van der Waals surface area contributed by atoms with Crippen LogP contribution in [-0.2, 0) is 11.2 Å². The Morgan fingerprint density at radius 3 is 2.78 bits per heavy atom. The van der Waals surface area contributed by atoms with Gasteiger partial charge in [-0.05, 0) is 30.2 Å². The molecular weight excluding hydrogens is 233 g/mol. The molecule has 0 radical (unpaired) electrons. The Bertz CT molecular complexity index is 552. The molecule has 0 saturated carbocycles. The smallest absolute Gasteiger partial charge is 0.303 e. The van der Waals surface area contributed by atoms with Crippen LogP contribution in [0, 0.1) is 5.82 Å². The Kier molecular flexibility index (Phi) is 3.67. The Hall–Kier alpha value is -2.23. The number of aryl methyl sites for hydroxylation is 1. The molecule has 1 N–H and O–H groups in total. The van der Waals surface area contributed by atoms with Crippen LogP contribution in [-0.4, -0.2) is 16.1 Å². The van der Waals surface area contributed by atoms with E-state index in [2.05, 4.69) is 4.98 Å². The predicted molar refractivity (Wildman–Crippen MR) is 65.6 cm³/mol. The van der Waals surface area contributed by atoms with Gasteiger partial charge >= 0.3 is 5.97 Å². The number of aromatic nitrogens is 1. The van der Waals surface area contributed by atoms with Crippen molar-refractivity contribution in [3.05, 3.63) is 54.0 Å². The zero-order valence-corrected chi connectivity index (χ0v) is 9.64. The molecule has 0 amide bonds. The Balaban J connectivity index is 2.21. The first-order chi connectivity index (χ1) is 8.65. The fourth-order valence-electron chi connectivity index (χ4n) is 1.68. The van der Waals surface area contributed by atoms with E-state index in [0.717, 1.165) is 11.1 Å². The average Bonchev–Trinajstić information content (AvgIpc) is 2.37. The summed E-state index contributed by atoms with van der Waals surface area (Å²) in [5, 5.41) is 8.64. The fraction of sp³-hybridized carbons (Fsp3) is 0.143. The summed E-state index contributed by atoms with van der Waals surface area (Å²) in [6.45, 7) is 0. The van der Waals surface area contributed by atoms with Crippen LogP contribution in [0.2, 0.25) is 0 Å². The second kappa shape index (κ2) is 5.40. The van der Waals surface area contributed by atoms with Gasteiger partial charge in [-0.1, -0.05) is 18.2 Å². The van der Waals surface area contributed by atoms with Gasteiger partial charge in [-0.15, -0.1) is 0 Å². The number of benzene rings is 1. The van der Waals surface area contributed by atoms with Crippen LogP contribution in [0.5, 0.6) is 0 Å². The van der Waals surface area contributed by atoms with E-state index in [-0.39, 0.29) is 12.2 Å². The van der Waals surface area contributed by atoms with Crippen molar-refractivity contribution in [2.75, 3.05) is 0 Å². The second-order valence-electron chi connectivity index (χ2n) is 3.96. The van der Waals surface area contributed by atoms with E-state index >= 15 is 0 Å². The van der Waals surface area contributed by atoms with E-state index in [4.69, 9.17) is 5.11 Å². The van der Waals surface area contributed by atoms with Gasteiger partial charge in [-0.3, -0.25) is 9.78 Å². The fourth-order valence-corrected chi connectivity index (χ4v) is 1.68. The number of aliphatic carboxylic acids is 1. The first-order valence-corrected chi connectivity index (χ1v) is 5.58. The molecule has 18 heavy (non-hydrogen) atoms. The van der Waals surface area contributed by atoms with Crippen LogP contribution in [0.15, 0.2) is 42.6 Å². The van der Waals surface area contributed by atoms with Crippen molar-refractivity contribution in [1.29, 1.82) is 0 Å². The molecule has 0 spiro atoms. The van der Waals surface area contributed by atoms with Crippen LogP contribution in [0.3, 0.4) is 0 Å². The van der Waals surface area contributed by atoms with Gasteiger partial charge in [0.2, 0.25) is 0 Å². The minimum atomic E-state index is -0.819. The van der Waals surface area contributed by atoms with Crippen molar-refractivity contribution in [3.63, 3.8) is 0 Å². The molecule has 0 fully saturated rings. The van der Waals surface area contributed by atoms with Crippen molar-refractivity contribution in [1.82, 2.24) is 4.98 Å². The summed E-state index contributed by atoms with van der Waals surface area (Å²) >= 11 is 0. The van der Waals surface area contributed by atoms with Crippen LogP contribution >= 0.6 is 0 Å². The molecule has 0 atom stereocenters. The molecule has 0 unspecified atom stereocenters. The van der Waals surface area contributed by atoms with Gasteiger partial charge in [0, 0.05) is 12.0 Å². The lowest BCUT2D eigenvalue weighted by molar-refractivity contribution is -0.136. The van der Waals surface area contributed by atoms with Gasteiger partial charge in [0.05, 0.1) is 11.9 Å². The zero-order valence-electron chi connectivity index (χ0n) is 9.64. The van der Waals surface area contributed by atoms with Gasteiger partial charge in [0.1, 0.15) is 5.82 Å². The summed E-state index contributed by atoms with van der Waals surface area (Å²) in [4.78, 5) is 14.5. The van der Waals surface area contributed by atoms with Crippen molar-refractivity contribution in [2.24, 2.45) is 0 Å². The van der Waals surface area contributed by atoms with Crippen LogP contribution in [0.1, 0.15) is 12.0 Å². The van der Waals surface area contributed by atoms with Crippen molar-refractivity contribution >= 4 is 5.97 Å². The molecule has 1 aromatic heterocycles. The van der Waals surface area contributed by atoms with Crippen molar-refractivity contribution in [2.45, 2.75) is 12.8 Å². The molecule has 3 nitrogen and oxygen atoms in total. The number of rotatable bonds is 4. The summed E-state index contributed by atoms with van der Waals surface area (Å²) in [7, 11) is 0. The van der Waals surface area contributed by atoms with Crippen molar-refractivity contribution in [3.8, 4) is 11.3 Å². The van der Waals surface area contributed by atoms with Gasteiger partial charge in [0.15, 0.2) is 0 Å². The number of carboxylic acid groups (broad SMARTS) is 1. The lowest BCUT2D eigenvalue weighted by Crippen LogP contribution is -1.97. The molecule has 0 bridgehead atoms. The number of pyridine rings is 1. The largest absolute Gasteiger partial charge is 0.481 e. The summed E-state index contributed by atoms with van der Waals surface area (Å²) in [5.74, 6) is -1.19. The van der Waals surface area contributed by atoms with E-state index in [0.29, 0.717) is 12.1 Å². The molecule has 0 saturated heterocycles. The van der Waals surface area contributed by atoms with Crippen LogP contribution in [0.25, 0.3) is 11.3 Å². The molecule has 1 heterocycles. The third-order valence-electron chi connectivity index (χ3n) is 2.58. The molecular formula is C14H12FNO2. The highest BCUT2D eigenvalue weighted by Gasteiger charge is 2.03. The Labute approximate surface area is 104 Å². The first-order valence-electron chi connectivity index (χ1n) is 5.58. The lowest BCUT2D eigenvalue weighted by Gasteiger charge is -2.04. The number of carboxylic acids is 1. The summed E-state index contributed by atoms with van der Waals surface area (Å²) in [5.41, 5.74) is 2.47. The molecule has 0 aliphatic heterocycles. The van der Waals surface area contributed by atoms with Gasteiger partial charge < -0.3 is 5.11 Å².